The quantitative estimate of drug-likeness (QED) is 0.129. The van der Waals surface area contributed by atoms with E-state index in [2.05, 4.69) is 52.2 Å². The summed E-state index contributed by atoms with van der Waals surface area (Å²) in [6, 6.07) is 16.1. The number of para-hydroxylation sites is 2. The molecule has 302 valence electrons. The molecule has 2 fully saturated rings. The monoisotopic (exact) mass is 799 g/mol. The summed E-state index contributed by atoms with van der Waals surface area (Å²) in [5, 5.41) is 11.6. The number of ether oxygens (including phenoxy) is 1. The van der Waals surface area contributed by atoms with Crippen LogP contribution in [-0.2, 0) is 23.2 Å². The number of methoxy groups -OCH3 is 1. The zero-order chi connectivity index (χ0) is 41.2. The van der Waals surface area contributed by atoms with Crippen molar-refractivity contribution < 1.29 is 23.5 Å². The van der Waals surface area contributed by atoms with Crippen molar-refractivity contribution in [2.24, 2.45) is 7.05 Å². The molecular formula is C42H42FN11O5. The number of anilines is 4. The van der Waals surface area contributed by atoms with E-state index in [0.717, 1.165) is 55.0 Å². The Kier molecular flexibility index (Phi) is 10.8. The number of pyridine rings is 2. The van der Waals surface area contributed by atoms with Crippen LogP contribution in [0.15, 0.2) is 84.2 Å². The highest BCUT2D eigenvalue weighted by atomic mass is 19.1. The summed E-state index contributed by atoms with van der Waals surface area (Å²) in [5.74, 6) is 0.265. The summed E-state index contributed by atoms with van der Waals surface area (Å²) in [6.07, 6.45) is 7.75. The van der Waals surface area contributed by atoms with E-state index in [4.69, 9.17) is 4.74 Å². The Hall–Kier alpha value is -7.01. The van der Waals surface area contributed by atoms with Gasteiger partial charge in [0, 0.05) is 45.5 Å². The van der Waals surface area contributed by atoms with Crippen molar-refractivity contribution in [3.63, 3.8) is 0 Å². The number of amides is 3. The molecule has 4 aromatic heterocycles. The number of carbonyl (C=O) groups excluding carboxylic acids is 3. The first-order chi connectivity index (χ1) is 28.6. The highest BCUT2D eigenvalue weighted by Crippen LogP contribution is 2.38. The van der Waals surface area contributed by atoms with Gasteiger partial charge < -0.3 is 20.7 Å². The Morgan fingerprint density at radius 1 is 0.898 bits per heavy atom. The van der Waals surface area contributed by atoms with E-state index >= 15 is 0 Å². The molecule has 17 heteroatoms. The zero-order valence-electron chi connectivity index (χ0n) is 32.7. The number of nitrogens with one attached hydrogen (secondary N) is 4. The van der Waals surface area contributed by atoms with E-state index in [1.54, 1.807) is 40.4 Å². The number of hydrogen-bond donors (Lipinski definition) is 4. The van der Waals surface area contributed by atoms with Crippen LogP contribution in [0.3, 0.4) is 0 Å². The normalized spacial score (nSPS) is 16.2. The van der Waals surface area contributed by atoms with Gasteiger partial charge in [-0.15, -0.1) is 0 Å². The third-order valence-electron chi connectivity index (χ3n) is 10.9. The van der Waals surface area contributed by atoms with Gasteiger partial charge >= 0.3 is 5.69 Å². The molecule has 16 nitrogen and oxygen atoms in total. The van der Waals surface area contributed by atoms with Gasteiger partial charge in [0.2, 0.25) is 11.8 Å². The maximum atomic E-state index is 13.5. The number of imide groups is 1. The number of imidazole rings is 1. The molecule has 3 amide bonds. The largest absolute Gasteiger partial charge is 0.494 e. The van der Waals surface area contributed by atoms with E-state index in [-0.39, 0.29) is 35.7 Å². The molecule has 2 aliphatic rings. The van der Waals surface area contributed by atoms with E-state index in [1.807, 2.05) is 30.5 Å². The molecule has 0 spiro atoms. The summed E-state index contributed by atoms with van der Waals surface area (Å²) < 4.78 is 22.4. The molecule has 1 atom stereocenters. The summed E-state index contributed by atoms with van der Waals surface area (Å²) >= 11 is 0. The molecule has 4 N–H and O–H groups in total. The van der Waals surface area contributed by atoms with Crippen LogP contribution in [0.2, 0.25) is 0 Å². The average molecular weight is 800 g/mol. The Balaban J connectivity index is 0.934. The number of carbonyl (C=O) groups is 3. The van der Waals surface area contributed by atoms with Crippen molar-refractivity contribution in [2.75, 3.05) is 37.9 Å². The fourth-order valence-electron chi connectivity index (χ4n) is 7.98. The minimum Gasteiger partial charge on any atom is -0.494 e. The van der Waals surface area contributed by atoms with E-state index in [1.165, 1.54) is 20.4 Å². The van der Waals surface area contributed by atoms with Gasteiger partial charge in [-0.2, -0.15) is 0 Å². The number of aromatic nitrogens is 6. The molecule has 8 rings (SSSR count). The molecule has 0 saturated carbocycles. The second-order valence-corrected chi connectivity index (χ2v) is 14.6. The Labute approximate surface area is 337 Å². The van der Waals surface area contributed by atoms with Crippen molar-refractivity contribution in [3.05, 3.63) is 112 Å². The smallest absolute Gasteiger partial charge is 0.329 e. The van der Waals surface area contributed by atoms with Crippen LogP contribution in [0, 0.1) is 5.82 Å². The van der Waals surface area contributed by atoms with E-state index in [9.17, 15) is 23.6 Å². The van der Waals surface area contributed by atoms with E-state index in [0.29, 0.717) is 58.4 Å². The zero-order valence-corrected chi connectivity index (χ0v) is 32.7. The number of rotatable bonds is 11. The fraction of sp³-hybridized carbons (Fsp3) is 0.286. The summed E-state index contributed by atoms with van der Waals surface area (Å²) in [5.41, 5.74) is 5.21. The third-order valence-corrected chi connectivity index (χ3v) is 10.9. The van der Waals surface area contributed by atoms with Gasteiger partial charge in [0.05, 0.1) is 53.0 Å². The number of hydrogen-bond acceptors (Lipinski definition) is 12. The standard InChI is InChI=1S/C42H42FN11O5/c1-44-40(56)29-22-46-35(18-31(29)49-30-8-4-7-28(38(30)59-3)39-47-20-26(43)21-48-39)50-34-12-10-24(19-45-34)23-53-16-14-25(15-17-53)27-6-5-9-32-37(27)52(2)42(58)54(32)33-11-13-36(55)51-41(33)57/h4-10,12,18-22,25,33H,11,13-17,23H2,1-3H3,(H,44,56)(H,51,55,57)(H2,45,46,49,50). The van der Waals surface area contributed by atoms with Crippen LogP contribution >= 0.6 is 0 Å². The van der Waals surface area contributed by atoms with Crippen molar-refractivity contribution in [1.82, 2.24) is 44.6 Å². The minimum absolute atomic E-state index is 0.196. The molecule has 6 aromatic rings. The van der Waals surface area contributed by atoms with Crippen LogP contribution < -0.4 is 31.7 Å². The van der Waals surface area contributed by atoms with Crippen molar-refractivity contribution in [2.45, 2.75) is 44.2 Å². The Morgan fingerprint density at radius 3 is 2.37 bits per heavy atom. The molecule has 2 saturated heterocycles. The SMILES string of the molecule is CNC(=O)c1cnc(Nc2ccc(CN3CCC(c4cccc5c4n(C)c(=O)n5C4CCC(=O)NC4=O)CC3)cn2)cc1Nc1cccc(-c2ncc(F)cn2)c1OC. The molecule has 1 unspecified atom stereocenters. The lowest BCUT2D eigenvalue weighted by molar-refractivity contribution is -0.135. The maximum Gasteiger partial charge on any atom is 0.329 e. The minimum atomic E-state index is -0.720. The topological polar surface area (TPSA) is 190 Å². The van der Waals surface area contributed by atoms with Crippen LogP contribution in [0.25, 0.3) is 22.4 Å². The fourth-order valence-corrected chi connectivity index (χ4v) is 7.98. The lowest BCUT2D eigenvalue weighted by atomic mass is 9.88. The van der Waals surface area contributed by atoms with E-state index < -0.39 is 17.8 Å². The lowest BCUT2D eigenvalue weighted by Gasteiger charge is -2.32. The van der Waals surface area contributed by atoms with Crippen LogP contribution in [0.1, 0.15) is 59.1 Å². The van der Waals surface area contributed by atoms with Crippen molar-refractivity contribution in [3.8, 4) is 17.1 Å². The number of fused-ring (bicyclic) bond motifs is 1. The molecule has 0 radical (unpaired) electrons. The van der Waals surface area contributed by atoms with Crippen molar-refractivity contribution in [1.29, 1.82) is 0 Å². The van der Waals surface area contributed by atoms with Crippen LogP contribution in [0.4, 0.5) is 27.4 Å². The van der Waals surface area contributed by atoms with Crippen LogP contribution in [-0.4, -0.2) is 78.9 Å². The number of piperidine rings is 2. The summed E-state index contributed by atoms with van der Waals surface area (Å²) in [7, 11) is 4.79. The molecular weight excluding hydrogens is 758 g/mol. The van der Waals surface area contributed by atoms with Crippen LogP contribution in [0.5, 0.6) is 5.75 Å². The van der Waals surface area contributed by atoms with Gasteiger partial charge in [-0.05, 0) is 73.7 Å². The predicted molar refractivity (Wildman–Crippen MR) is 218 cm³/mol. The maximum absolute atomic E-state index is 13.5. The Morgan fingerprint density at radius 2 is 1.66 bits per heavy atom. The molecule has 2 aliphatic heterocycles. The van der Waals surface area contributed by atoms with Gasteiger partial charge in [0.15, 0.2) is 17.4 Å². The first-order valence-electron chi connectivity index (χ1n) is 19.2. The molecule has 59 heavy (non-hydrogen) atoms. The number of nitrogens with zero attached hydrogens (tertiary/aromatic N) is 7. The highest BCUT2D eigenvalue weighted by Gasteiger charge is 2.33. The van der Waals surface area contributed by atoms with Gasteiger partial charge in [0.25, 0.3) is 5.91 Å². The lowest BCUT2D eigenvalue weighted by Crippen LogP contribution is -2.44. The summed E-state index contributed by atoms with van der Waals surface area (Å²) in [6.45, 7) is 2.42. The van der Waals surface area contributed by atoms with Gasteiger partial charge in [-0.25, -0.2) is 29.1 Å². The first kappa shape index (κ1) is 38.8. The van der Waals surface area contributed by atoms with Gasteiger partial charge in [0.1, 0.15) is 17.7 Å². The third kappa shape index (κ3) is 7.83. The summed E-state index contributed by atoms with van der Waals surface area (Å²) in [4.78, 5) is 70.5. The highest BCUT2D eigenvalue weighted by molar-refractivity contribution is 6.01. The number of likely N-dealkylation sites (tertiary alicyclic amines) is 1. The van der Waals surface area contributed by atoms with Gasteiger partial charge in [-0.3, -0.25) is 33.7 Å². The second kappa shape index (κ2) is 16.5. The number of benzene rings is 2. The first-order valence-corrected chi connectivity index (χ1v) is 19.2. The molecule has 0 bridgehead atoms. The average Bonchev–Trinajstić information content (AvgIpc) is 3.50. The second-order valence-electron chi connectivity index (χ2n) is 14.6. The Bertz CT molecular complexity index is 2620. The van der Waals surface area contributed by atoms with Crippen molar-refractivity contribution >= 4 is 51.8 Å². The number of halogens is 1. The number of aryl methyl sites for hydroxylation is 1. The molecule has 6 heterocycles. The molecule has 0 aliphatic carbocycles. The molecule has 2 aromatic carbocycles. The predicted octanol–water partition coefficient (Wildman–Crippen LogP) is 4.94. The van der Waals surface area contributed by atoms with Gasteiger partial charge in [-0.1, -0.05) is 24.3 Å².